The van der Waals surface area contributed by atoms with Crippen LogP contribution in [0.4, 0.5) is 13.6 Å². The molecule has 0 saturated heterocycles. The molecule has 1 aliphatic carbocycles. The van der Waals surface area contributed by atoms with Crippen molar-refractivity contribution in [3.8, 4) is 5.69 Å². The molecule has 1 amide bonds. The smallest absolute Gasteiger partial charge is 0.404 e. The standard InChI is InChI=1S/C24H19ClF2N4O4S.Na/c25-16-7-6-15-21(19(16)27)31(13-10-29-30(11-13)8-9-35-24(28)34)20(12-4-5-12)22(15)36-17-3-1-2-14(18(17)26)23(32)33;/h1-3,6-7,10-12H,4-5,8-9H2,(H2,28,34)(H,32,33);. The van der Waals surface area contributed by atoms with E-state index in [4.69, 9.17) is 22.1 Å². The van der Waals surface area contributed by atoms with E-state index in [-0.39, 0.29) is 64.1 Å². The molecule has 1 radical (unpaired) electrons. The molecule has 0 aliphatic heterocycles. The predicted octanol–water partition coefficient (Wildman–Crippen LogP) is 5.20. The zero-order valence-electron chi connectivity index (χ0n) is 19.6. The molecule has 1 saturated carbocycles. The van der Waals surface area contributed by atoms with Crippen LogP contribution in [0.25, 0.3) is 16.6 Å². The van der Waals surface area contributed by atoms with Crippen molar-refractivity contribution in [3.05, 3.63) is 70.6 Å². The second-order valence-electron chi connectivity index (χ2n) is 8.24. The van der Waals surface area contributed by atoms with Gasteiger partial charge in [0.15, 0.2) is 11.6 Å². The number of hydrogen-bond acceptors (Lipinski definition) is 5. The predicted molar refractivity (Wildman–Crippen MR) is 135 cm³/mol. The number of amides is 1. The van der Waals surface area contributed by atoms with Gasteiger partial charge in [-0.1, -0.05) is 29.4 Å². The molecule has 3 N–H and O–H groups in total. The molecule has 1 fully saturated rings. The molecular weight excluding hydrogens is 537 g/mol. The van der Waals surface area contributed by atoms with Crippen molar-refractivity contribution in [2.75, 3.05) is 6.61 Å². The Hall–Kier alpha value is -2.57. The number of benzene rings is 2. The number of fused-ring (bicyclic) bond motifs is 1. The molecule has 2 heterocycles. The summed E-state index contributed by atoms with van der Waals surface area (Å²) in [6.45, 7) is 0.248. The Bertz CT molecular complexity index is 1520. The monoisotopic (exact) mass is 555 g/mol. The first-order chi connectivity index (χ1) is 17.3. The number of carbonyl (C=O) groups is 2. The summed E-state index contributed by atoms with van der Waals surface area (Å²) in [6.07, 6.45) is 4.05. The molecular formula is C24H19ClF2N4NaO4S. The second-order valence-corrected chi connectivity index (χ2v) is 9.69. The summed E-state index contributed by atoms with van der Waals surface area (Å²) in [5, 5.41) is 14.1. The summed E-state index contributed by atoms with van der Waals surface area (Å²) in [5.41, 5.74) is 6.09. The van der Waals surface area contributed by atoms with Gasteiger partial charge in [0, 0.05) is 62.5 Å². The van der Waals surface area contributed by atoms with Crippen molar-refractivity contribution >= 4 is 75.9 Å². The minimum atomic E-state index is -1.37. The number of aromatic carboxylic acids is 1. The third-order valence-corrected chi connectivity index (χ3v) is 7.28. The van der Waals surface area contributed by atoms with E-state index >= 15 is 8.78 Å². The number of rotatable bonds is 8. The maximum absolute atomic E-state index is 15.5. The third kappa shape index (κ3) is 5.37. The molecule has 37 heavy (non-hydrogen) atoms. The maximum atomic E-state index is 15.5. The van der Waals surface area contributed by atoms with E-state index < -0.39 is 29.3 Å². The molecule has 5 rings (SSSR count). The van der Waals surface area contributed by atoms with E-state index in [1.54, 1.807) is 23.0 Å². The topological polar surface area (TPSA) is 112 Å². The number of primary amides is 1. The van der Waals surface area contributed by atoms with Crippen molar-refractivity contribution in [3.63, 3.8) is 0 Å². The van der Waals surface area contributed by atoms with Crippen LogP contribution in [0.2, 0.25) is 5.02 Å². The molecule has 2 aromatic carbocycles. The number of carbonyl (C=O) groups excluding carboxylic acids is 1. The molecule has 0 bridgehead atoms. The summed E-state index contributed by atoms with van der Waals surface area (Å²) in [4.78, 5) is 23.0. The van der Waals surface area contributed by atoms with Gasteiger partial charge in [-0.25, -0.2) is 18.4 Å². The molecule has 8 nitrogen and oxygen atoms in total. The van der Waals surface area contributed by atoms with Crippen LogP contribution in [0.3, 0.4) is 0 Å². The van der Waals surface area contributed by atoms with Gasteiger partial charge in [0.25, 0.3) is 0 Å². The number of nitrogens with zero attached hydrogens (tertiary/aromatic N) is 3. The summed E-state index contributed by atoms with van der Waals surface area (Å²) < 4.78 is 38.6. The van der Waals surface area contributed by atoms with E-state index in [0.29, 0.717) is 16.0 Å². The first-order valence-corrected chi connectivity index (χ1v) is 12.1. The van der Waals surface area contributed by atoms with E-state index in [1.165, 1.54) is 28.9 Å². The fraction of sp³-hybridized carbons (Fsp3) is 0.208. The average molecular weight is 556 g/mol. The van der Waals surface area contributed by atoms with Gasteiger partial charge < -0.3 is 20.1 Å². The number of nitrogens with two attached hydrogens (primary N) is 1. The molecule has 0 unspecified atom stereocenters. The number of hydrogen-bond donors (Lipinski definition) is 2. The Kier molecular flexibility index (Phi) is 8.20. The van der Waals surface area contributed by atoms with Crippen molar-refractivity contribution < 1.29 is 28.2 Å². The number of aromatic nitrogens is 3. The van der Waals surface area contributed by atoms with E-state index in [1.807, 2.05) is 0 Å². The van der Waals surface area contributed by atoms with Gasteiger partial charge in [-0.2, -0.15) is 5.10 Å². The molecule has 0 atom stereocenters. The largest absolute Gasteiger partial charge is 0.478 e. The first kappa shape index (κ1) is 27.5. The summed E-state index contributed by atoms with van der Waals surface area (Å²) in [6, 6.07) is 7.28. The number of halogens is 3. The van der Waals surface area contributed by atoms with Crippen molar-refractivity contribution in [2.45, 2.75) is 35.1 Å². The van der Waals surface area contributed by atoms with Gasteiger partial charge >= 0.3 is 12.1 Å². The van der Waals surface area contributed by atoms with Crippen LogP contribution in [0, 0.1) is 11.6 Å². The van der Waals surface area contributed by atoms with Crippen LogP contribution >= 0.6 is 23.4 Å². The normalized spacial score (nSPS) is 12.9. The number of ether oxygens (including phenoxy) is 1. The van der Waals surface area contributed by atoms with Gasteiger partial charge in [0.1, 0.15) is 6.61 Å². The van der Waals surface area contributed by atoms with Crippen LogP contribution in [0.5, 0.6) is 0 Å². The summed E-state index contributed by atoms with van der Waals surface area (Å²) in [5.74, 6) is -2.77. The molecule has 2 aromatic heterocycles. The van der Waals surface area contributed by atoms with Crippen LogP contribution < -0.4 is 5.73 Å². The Morgan fingerprint density at radius 1 is 1.22 bits per heavy atom. The molecule has 1 aliphatic rings. The SMILES string of the molecule is NC(=O)OCCn1cc(-n2c(C3CC3)c(Sc3cccc(C(=O)O)c3F)c3ccc(Cl)c(F)c32)cn1.[Na]. The van der Waals surface area contributed by atoms with Gasteiger partial charge in [-0.15, -0.1) is 0 Å². The minimum Gasteiger partial charge on any atom is -0.478 e. The van der Waals surface area contributed by atoms with Gasteiger partial charge in [-0.05, 0) is 37.1 Å². The zero-order chi connectivity index (χ0) is 25.6. The number of carboxylic acids is 1. The van der Waals surface area contributed by atoms with Crippen molar-refractivity contribution in [1.29, 1.82) is 0 Å². The molecule has 4 aromatic rings. The van der Waals surface area contributed by atoms with Crippen LogP contribution in [-0.4, -0.2) is 67.7 Å². The van der Waals surface area contributed by atoms with Crippen molar-refractivity contribution in [1.82, 2.24) is 14.3 Å². The Labute approximate surface area is 241 Å². The van der Waals surface area contributed by atoms with E-state index in [2.05, 4.69) is 5.10 Å². The average Bonchev–Trinajstić information content (AvgIpc) is 3.47. The summed E-state index contributed by atoms with van der Waals surface area (Å²) in [7, 11) is 0. The Morgan fingerprint density at radius 2 is 1.97 bits per heavy atom. The quantitative estimate of drug-likeness (QED) is 0.289. The molecule has 13 heteroatoms. The van der Waals surface area contributed by atoms with Crippen LogP contribution in [0.1, 0.15) is 34.8 Å². The fourth-order valence-corrected chi connectivity index (χ4v) is 5.45. The second kappa shape index (κ2) is 11.0. The molecule has 187 valence electrons. The van der Waals surface area contributed by atoms with Gasteiger partial charge in [0.05, 0.1) is 34.5 Å². The van der Waals surface area contributed by atoms with Crippen molar-refractivity contribution in [2.24, 2.45) is 5.73 Å². The Morgan fingerprint density at radius 3 is 2.65 bits per heavy atom. The van der Waals surface area contributed by atoms with Gasteiger partial charge in [-0.3, -0.25) is 4.68 Å². The van der Waals surface area contributed by atoms with E-state index in [9.17, 15) is 14.7 Å². The summed E-state index contributed by atoms with van der Waals surface area (Å²) >= 11 is 7.20. The third-order valence-electron chi connectivity index (χ3n) is 5.82. The van der Waals surface area contributed by atoms with Crippen LogP contribution in [-0.2, 0) is 11.3 Å². The molecule has 0 spiro atoms. The minimum absolute atomic E-state index is 0. The number of carboxylic acid groups (broad SMARTS) is 1. The zero-order valence-corrected chi connectivity index (χ0v) is 23.2. The first-order valence-electron chi connectivity index (χ1n) is 10.9. The Balaban J connectivity index is 0.00000320. The fourth-order valence-electron chi connectivity index (χ4n) is 4.10. The van der Waals surface area contributed by atoms with E-state index in [0.717, 1.165) is 30.3 Å². The van der Waals surface area contributed by atoms with Crippen LogP contribution in [0.15, 0.2) is 52.5 Å². The van der Waals surface area contributed by atoms with Gasteiger partial charge in [0.2, 0.25) is 0 Å². The maximum Gasteiger partial charge on any atom is 0.404 e.